The monoisotopic (exact) mass is 398 g/mol. The van der Waals surface area contributed by atoms with Crippen LogP contribution in [0, 0.1) is 13.8 Å². The number of nitrogens with zero attached hydrogens (tertiary/aromatic N) is 2. The van der Waals surface area contributed by atoms with Crippen LogP contribution < -0.4 is 14.7 Å². The van der Waals surface area contributed by atoms with Gasteiger partial charge < -0.3 is 9.80 Å². The van der Waals surface area contributed by atoms with Crippen molar-refractivity contribution in [1.29, 1.82) is 0 Å². The van der Waals surface area contributed by atoms with Crippen molar-refractivity contribution in [3.05, 3.63) is 58.6 Å². The minimum Gasteiger partial charge on any atom is -0.360 e. The molecule has 0 spiro atoms. The van der Waals surface area contributed by atoms with Crippen LogP contribution in [0.2, 0.25) is 5.02 Å². The van der Waals surface area contributed by atoms with E-state index >= 15 is 0 Å². The van der Waals surface area contributed by atoms with Crippen LogP contribution in [0.15, 0.2) is 42.5 Å². The fourth-order valence-corrected chi connectivity index (χ4v) is 4.60. The average molecular weight is 399 g/mol. The summed E-state index contributed by atoms with van der Waals surface area (Å²) in [6, 6.07) is 13.4. The number of imide groups is 1. The van der Waals surface area contributed by atoms with Gasteiger partial charge in [-0.1, -0.05) is 35.9 Å². The molecule has 0 unspecified atom stereocenters. The number of nitrogens with one attached hydrogen (secondary N) is 1. The van der Waals surface area contributed by atoms with E-state index in [-0.39, 0.29) is 17.9 Å². The number of quaternary nitrogens is 1. The third-order valence-corrected chi connectivity index (χ3v) is 6.12. The number of halogens is 1. The molecule has 2 heterocycles. The maximum Gasteiger partial charge on any atom is 0.292 e. The van der Waals surface area contributed by atoms with Crippen molar-refractivity contribution in [2.45, 2.75) is 26.3 Å². The minimum absolute atomic E-state index is 0.0615. The van der Waals surface area contributed by atoms with Crippen LogP contribution in [0.25, 0.3) is 0 Å². The van der Waals surface area contributed by atoms with Gasteiger partial charge in [0.15, 0.2) is 6.04 Å². The average Bonchev–Trinajstić information content (AvgIpc) is 2.97. The molecule has 28 heavy (non-hydrogen) atoms. The Kier molecular flexibility index (Phi) is 5.13. The molecule has 2 fully saturated rings. The van der Waals surface area contributed by atoms with E-state index in [0.717, 1.165) is 53.7 Å². The fourth-order valence-electron chi connectivity index (χ4n) is 4.42. The molecule has 0 aliphatic carbocycles. The number of carbonyl (C=O) groups is 2. The Morgan fingerprint density at radius 1 is 1.00 bits per heavy atom. The first kappa shape index (κ1) is 19.0. The molecule has 1 atom stereocenters. The summed E-state index contributed by atoms with van der Waals surface area (Å²) < 4.78 is 0. The van der Waals surface area contributed by atoms with Gasteiger partial charge in [-0.15, -0.1) is 0 Å². The van der Waals surface area contributed by atoms with Gasteiger partial charge in [-0.3, -0.25) is 9.59 Å². The minimum atomic E-state index is -0.284. The first-order chi connectivity index (χ1) is 13.5. The van der Waals surface area contributed by atoms with Gasteiger partial charge in [-0.25, -0.2) is 4.90 Å². The molecule has 2 amide bonds. The van der Waals surface area contributed by atoms with Gasteiger partial charge in [0.05, 0.1) is 38.3 Å². The Morgan fingerprint density at radius 2 is 1.64 bits per heavy atom. The number of para-hydroxylation sites is 1. The third-order valence-electron chi connectivity index (χ3n) is 5.88. The van der Waals surface area contributed by atoms with Crippen LogP contribution in [0.4, 0.5) is 11.4 Å². The lowest BCUT2D eigenvalue weighted by molar-refractivity contribution is -0.915. The molecule has 2 aromatic carbocycles. The molecule has 146 valence electrons. The molecule has 0 aromatic heterocycles. The second-order valence-corrected chi connectivity index (χ2v) is 8.13. The van der Waals surface area contributed by atoms with Crippen molar-refractivity contribution in [2.24, 2.45) is 0 Å². The first-order valence-corrected chi connectivity index (χ1v) is 10.1. The van der Waals surface area contributed by atoms with Gasteiger partial charge >= 0.3 is 0 Å². The van der Waals surface area contributed by atoms with E-state index in [9.17, 15) is 9.59 Å². The highest BCUT2D eigenvalue weighted by Crippen LogP contribution is 2.29. The lowest BCUT2D eigenvalue weighted by Gasteiger charge is -2.35. The van der Waals surface area contributed by atoms with Crippen LogP contribution in [-0.4, -0.2) is 44.0 Å². The van der Waals surface area contributed by atoms with E-state index < -0.39 is 0 Å². The summed E-state index contributed by atoms with van der Waals surface area (Å²) in [6.07, 6.45) is 0.291. The molecule has 0 bridgehead atoms. The molecular formula is C22H25ClN3O2+. The van der Waals surface area contributed by atoms with Crippen molar-refractivity contribution >= 4 is 34.8 Å². The lowest BCUT2D eigenvalue weighted by atomic mass is 10.1. The number of rotatable bonds is 3. The van der Waals surface area contributed by atoms with E-state index in [0.29, 0.717) is 6.42 Å². The SMILES string of the molecule is Cc1cccc(C)c1N1C(=O)C[C@H]([NH+]2CCN(c3cccc(Cl)c3)CC2)C1=O. The smallest absolute Gasteiger partial charge is 0.292 e. The highest BCUT2D eigenvalue weighted by atomic mass is 35.5. The van der Waals surface area contributed by atoms with Crippen LogP contribution >= 0.6 is 11.6 Å². The molecule has 6 heteroatoms. The summed E-state index contributed by atoms with van der Waals surface area (Å²) in [7, 11) is 0. The van der Waals surface area contributed by atoms with Gasteiger partial charge in [0.1, 0.15) is 0 Å². The number of hydrogen-bond donors (Lipinski definition) is 1. The lowest BCUT2D eigenvalue weighted by Crippen LogP contribution is -3.19. The van der Waals surface area contributed by atoms with Crippen molar-refractivity contribution in [2.75, 3.05) is 36.0 Å². The number of hydrogen-bond acceptors (Lipinski definition) is 3. The van der Waals surface area contributed by atoms with Gasteiger partial charge in [-0.2, -0.15) is 0 Å². The molecule has 0 radical (unpaired) electrons. The molecule has 2 saturated heterocycles. The van der Waals surface area contributed by atoms with Crippen molar-refractivity contribution in [3.8, 4) is 0 Å². The van der Waals surface area contributed by atoms with Gasteiger partial charge in [-0.05, 0) is 43.2 Å². The molecule has 2 aliphatic rings. The fraction of sp³-hybridized carbons (Fsp3) is 0.364. The zero-order valence-electron chi connectivity index (χ0n) is 16.2. The molecule has 2 aliphatic heterocycles. The second-order valence-electron chi connectivity index (χ2n) is 7.69. The number of benzene rings is 2. The Labute approximate surface area is 170 Å². The number of amides is 2. The van der Waals surface area contributed by atoms with Crippen molar-refractivity contribution in [1.82, 2.24) is 0 Å². The molecule has 5 nitrogen and oxygen atoms in total. The number of aryl methyl sites for hydroxylation is 2. The van der Waals surface area contributed by atoms with Gasteiger partial charge in [0.2, 0.25) is 5.91 Å². The standard InChI is InChI=1S/C22H24ClN3O2/c1-15-5-3-6-16(2)21(15)26-20(27)14-19(22(26)28)25-11-9-24(10-12-25)18-8-4-7-17(23)13-18/h3-8,13,19H,9-12,14H2,1-2H3/p+1/t19-/m0/s1. The Balaban J connectivity index is 1.48. The maximum absolute atomic E-state index is 13.2. The van der Waals surface area contributed by atoms with E-state index in [1.54, 1.807) is 0 Å². The van der Waals surface area contributed by atoms with Crippen LogP contribution in [0.3, 0.4) is 0 Å². The van der Waals surface area contributed by atoms with E-state index in [1.807, 2.05) is 50.2 Å². The third kappa shape index (κ3) is 3.40. The van der Waals surface area contributed by atoms with Crippen molar-refractivity contribution in [3.63, 3.8) is 0 Å². The topological polar surface area (TPSA) is 45.1 Å². The zero-order chi connectivity index (χ0) is 19.8. The van der Waals surface area contributed by atoms with Crippen molar-refractivity contribution < 1.29 is 14.5 Å². The van der Waals surface area contributed by atoms with Gasteiger partial charge in [0, 0.05) is 10.7 Å². The molecular weight excluding hydrogens is 374 g/mol. The van der Waals surface area contributed by atoms with E-state index in [2.05, 4.69) is 11.0 Å². The number of piperazine rings is 1. The second kappa shape index (κ2) is 7.57. The highest BCUT2D eigenvalue weighted by molar-refractivity contribution is 6.30. The molecule has 2 aromatic rings. The summed E-state index contributed by atoms with van der Waals surface area (Å²) in [5.41, 5.74) is 3.79. The largest absolute Gasteiger partial charge is 0.360 e. The Bertz CT molecular complexity index is 901. The Hall–Kier alpha value is -2.37. The molecule has 4 rings (SSSR count). The predicted molar refractivity (Wildman–Crippen MR) is 111 cm³/mol. The zero-order valence-corrected chi connectivity index (χ0v) is 17.0. The summed E-state index contributed by atoms with van der Waals surface area (Å²) in [5, 5.41) is 0.730. The van der Waals surface area contributed by atoms with Crippen LogP contribution in [-0.2, 0) is 9.59 Å². The van der Waals surface area contributed by atoms with Crippen LogP contribution in [0.5, 0.6) is 0 Å². The quantitative estimate of drug-likeness (QED) is 0.804. The molecule has 0 saturated carbocycles. The number of anilines is 2. The molecule has 1 N–H and O–H groups in total. The summed E-state index contributed by atoms with van der Waals surface area (Å²) in [4.78, 5) is 30.8. The number of carbonyl (C=O) groups excluding carboxylic acids is 2. The predicted octanol–water partition coefficient (Wildman–Crippen LogP) is 1.99. The first-order valence-electron chi connectivity index (χ1n) is 9.74. The Morgan fingerprint density at radius 3 is 2.29 bits per heavy atom. The van der Waals surface area contributed by atoms with E-state index in [1.165, 1.54) is 9.80 Å². The highest BCUT2D eigenvalue weighted by Gasteiger charge is 2.47. The maximum atomic E-state index is 13.2. The summed E-state index contributed by atoms with van der Waals surface area (Å²) in [6.45, 7) is 7.25. The summed E-state index contributed by atoms with van der Waals surface area (Å²) in [5.74, 6) is -0.147. The van der Waals surface area contributed by atoms with Gasteiger partial charge in [0.25, 0.3) is 5.91 Å². The summed E-state index contributed by atoms with van der Waals surface area (Å²) >= 11 is 6.11. The van der Waals surface area contributed by atoms with E-state index in [4.69, 9.17) is 11.6 Å². The van der Waals surface area contributed by atoms with Crippen LogP contribution in [0.1, 0.15) is 17.5 Å². The normalized spacial score (nSPS) is 20.9.